The monoisotopic (exact) mass is 415 g/mol. The third kappa shape index (κ3) is 3.82. The van der Waals surface area contributed by atoms with Crippen molar-refractivity contribution in [2.75, 3.05) is 0 Å². The number of hydrogen-bond donors (Lipinski definition) is 1. The van der Waals surface area contributed by atoms with Crippen LogP contribution in [0.5, 0.6) is 0 Å². The predicted octanol–water partition coefficient (Wildman–Crippen LogP) is 4.85. The van der Waals surface area contributed by atoms with Gasteiger partial charge in [0.05, 0.1) is 39.4 Å². The SMILES string of the molecule is Cc1ccc(-c2cc(C(=O)NCc3ccc(C#N)cc3)c3cnn(C(C)C)c3n2)s1. The first kappa shape index (κ1) is 19.8. The highest BCUT2D eigenvalue weighted by Crippen LogP contribution is 2.30. The number of pyridine rings is 1. The molecule has 3 aromatic heterocycles. The molecule has 4 aromatic rings. The van der Waals surface area contributed by atoms with Gasteiger partial charge >= 0.3 is 0 Å². The third-order valence-corrected chi connectivity index (χ3v) is 5.85. The zero-order valence-corrected chi connectivity index (χ0v) is 17.8. The highest BCUT2D eigenvalue weighted by atomic mass is 32.1. The topological polar surface area (TPSA) is 83.6 Å². The van der Waals surface area contributed by atoms with Crippen LogP contribution in [0, 0.1) is 18.3 Å². The second kappa shape index (κ2) is 8.09. The van der Waals surface area contributed by atoms with Crippen molar-refractivity contribution in [3.8, 4) is 16.6 Å². The molecule has 0 aliphatic rings. The van der Waals surface area contributed by atoms with Crippen LogP contribution >= 0.6 is 11.3 Å². The fourth-order valence-electron chi connectivity index (χ4n) is 3.26. The van der Waals surface area contributed by atoms with E-state index >= 15 is 0 Å². The van der Waals surface area contributed by atoms with Gasteiger partial charge in [0.1, 0.15) is 0 Å². The minimum Gasteiger partial charge on any atom is -0.348 e. The fourth-order valence-corrected chi connectivity index (χ4v) is 4.09. The molecule has 0 spiro atoms. The number of aromatic nitrogens is 3. The summed E-state index contributed by atoms with van der Waals surface area (Å²) in [5.41, 5.74) is 3.56. The highest BCUT2D eigenvalue weighted by molar-refractivity contribution is 7.15. The molecule has 0 aliphatic carbocycles. The number of thiophene rings is 1. The molecule has 0 atom stereocenters. The van der Waals surface area contributed by atoms with Gasteiger partial charge in [0, 0.05) is 17.5 Å². The molecule has 0 saturated carbocycles. The van der Waals surface area contributed by atoms with Gasteiger partial charge in [-0.2, -0.15) is 10.4 Å². The number of benzene rings is 1. The Kier molecular flexibility index (Phi) is 5.34. The number of carbonyl (C=O) groups excluding carboxylic acids is 1. The van der Waals surface area contributed by atoms with E-state index in [0.717, 1.165) is 21.5 Å². The Labute approximate surface area is 178 Å². The Bertz CT molecular complexity index is 1260. The molecule has 1 N–H and O–H groups in total. The maximum Gasteiger partial charge on any atom is 0.252 e. The molecular weight excluding hydrogens is 394 g/mol. The first-order chi connectivity index (χ1) is 14.5. The van der Waals surface area contributed by atoms with Gasteiger partial charge in [-0.15, -0.1) is 11.3 Å². The van der Waals surface area contributed by atoms with E-state index in [1.807, 2.05) is 42.8 Å². The summed E-state index contributed by atoms with van der Waals surface area (Å²) in [4.78, 5) is 20.1. The molecule has 30 heavy (non-hydrogen) atoms. The second-order valence-corrected chi connectivity index (χ2v) is 8.66. The van der Waals surface area contributed by atoms with E-state index in [1.54, 1.807) is 29.7 Å². The molecule has 3 heterocycles. The van der Waals surface area contributed by atoms with Gasteiger partial charge in [-0.3, -0.25) is 4.79 Å². The van der Waals surface area contributed by atoms with Crippen molar-refractivity contribution in [2.24, 2.45) is 0 Å². The van der Waals surface area contributed by atoms with Gasteiger partial charge < -0.3 is 5.32 Å². The first-order valence-electron chi connectivity index (χ1n) is 9.68. The lowest BCUT2D eigenvalue weighted by Crippen LogP contribution is -2.23. The van der Waals surface area contributed by atoms with E-state index < -0.39 is 0 Å². The summed E-state index contributed by atoms with van der Waals surface area (Å²) in [7, 11) is 0. The Morgan fingerprint density at radius 1 is 1.23 bits per heavy atom. The molecule has 150 valence electrons. The standard InChI is InChI=1S/C23H21N5OS/c1-14(2)28-22-19(13-26-28)18(10-20(27-22)21-9-4-15(3)30-21)23(29)25-12-17-7-5-16(11-24)6-8-17/h4-10,13-14H,12H2,1-3H3,(H,25,29). The Morgan fingerprint density at radius 2 is 2.00 bits per heavy atom. The minimum absolute atomic E-state index is 0.130. The number of carbonyl (C=O) groups is 1. The molecule has 6 nitrogen and oxygen atoms in total. The normalized spacial score (nSPS) is 11.0. The average Bonchev–Trinajstić information content (AvgIpc) is 3.38. The third-order valence-electron chi connectivity index (χ3n) is 4.83. The zero-order valence-electron chi connectivity index (χ0n) is 17.0. The Morgan fingerprint density at radius 3 is 2.63 bits per heavy atom. The summed E-state index contributed by atoms with van der Waals surface area (Å²) in [6.45, 7) is 6.51. The van der Waals surface area contributed by atoms with Crippen molar-refractivity contribution < 1.29 is 4.79 Å². The molecule has 1 amide bonds. The summed E-state index contributed by atoms with van der Waals surface area (Å²) in [5.74, 6) is -0.176. The van der Waals surface area contributed by atoms with Crippen molar-refractivity contribution in [3.05, 3.63) is 70.2 Å². The number of hydrogen-bond acceptors (Lipinski definition) is 5. The lowest BCUT2D eigenvalue weighted by atomic mass is 10.1. The second-order valence-electron chi connectivity index (χ2n) is 7.38. The van der Waals surface area contributed by atoms with Gasteiger partial charge in [0.2, 0.25) is 0 Å². The summed E-state index contributed by atoms with van der Waals surface area (Å²) in [6, 6.07) is 15.3. The van der Waals surface area contributed by atoms with Crippen LogP contribution in [0.15, 0.2) is 48.7 Å². The number of nitrogens with one attached hydrogen (secondary N) is 1. The van der Waals surface area contributed by atoms with Crippen molar-refractivity contribution in [1.29, 1.82) is 5.26 Å². The first-order valence-corrected chi connectivity index (χ1v) is 10.5. The maximum absolute atomic E-state index is 13.1. The Hall–Kier alpha value is -3.50. The summed E-state index contributed by atoms with van der Waals surface area (Å²) < 4.78 is 1.84. The number of nitrogens with zero attached hydrogens (tertiary/aromatic N) is 4. The molecule has 4 rings (SSSR count). The molecule has 0 bridgehead atoms. The fraction of sp³-hybridized carbons (Fsp3) is 0.217. The molecule has 0 unspecified atom stereocenters. The lowest BCUT2D eigenvalue weighted by Gasteiger charge is -2.10. The number of rotatable bonds is 5. The van der Waals surface area contributed by atoms with Gasteiger partial charge in [0.15, 0.2) is 5.65 Å². The molecule has 0 fully saturated rings. The van der Waals surface area contributed by atoms with Crippen LogP contribution in [0.25, 0.3) is 21.6 Å². The van der Waals surface area contributed by atoms with Gasteiger partial charge in [0.25, 0.3) is 5.91 Å². The van der Waals surface area contributed by atoms with Crippen LogP contribution in [0.3, 0.4) is 0 Å². The van der Waals surface area contributed by atoms with E-state index in [2.05, 4.69) is 29.5 Å². The number of aryl methyl sites for hydroxylation is 1. The van der Waals surface area contributed by atoms with Crippen LogP contribution in [0.4, 0.5) is 0 Å². The molecule has 7 heteroatoms. The van der Waals surface area contributed by atoms with Crippen LogP contribution in [-0.2, 0) is 6.54 Å². The van der Waals surface area contributed by atoms with Crippen LogP contribution in [-0.4, -0.2) is 20.7 Å². The van der Waals surface area contributed by atoms with E-state index in [0.29, 0.717) is 23.3 Å². The molecule has 0 aliphatic heterocycles. The number of amides is 1. The highest BCUT2D eigenvalue weighted by Gasteiger charge is 2.19. The molecular formula is C23H21N5OS. The number of fused-ring (bicyclic) bond motifs is 1. The van der Waals surface area contributed by atoms with Gasteiger partial charge in [-0.05, 0) is 56.7 Å². The molecule has 0 saturated heterocycles. The van der Waals surface area contributed by atoms with Crippen LogP contribution < -0.4 is 5.32 Å². The van der Waals surface area contributed by atoms with Crippen LogP contribution in [0.2, 0.25) is 0 Å². The summed E-state index contributed by atoms with van der Waals surface area (Å²) in [5, 5.41) is 17.1. The van der Waals surface area contributed by atoms with E-state index in [9.17, 15) is 4.79 Å². The van der Waals surface area contributed by atoms with E-state index in [4.69, 9.17) is 10.2 Å². The summed E-state index contributed by atoms with van der Waals surface area (Å²) >= 11 is 1.65. The van der Waals surface area contributed by atoms with E-state index in [1.165, 1.54) is 4.88 Å². The Balaban J connectivity index is 1.70. The van der Waals surface area contributed by atoms with E-state index in [-0.39, 0.29) is 11.9 Å². The van der Waals surface area contributed by atoms with Crippen molar-refractivity contribution in [1.82, 2.24) is 20.1 Å². The quantitative estimate of drug-likeness (QED) is 0.505. The number of nitriles is 1. The molecule has 1 aromatic carbocycles. The van der Waals surface area contributed by atoms with Crippen LogP contribution in [0.1, 0.15) is 46.3 Å². The van der Waals surface area contributed by atoms with Gasteiger partial charge in [-0.25, -0.2) is 9.67 Å². The average molecular weight is 416 g/mol. The maximum atomic E-state index is 13.1. The minimum atomic E-state index is -0.176. The summed E-state index contributed by atoms with van der Waals surface area (Å²) in [6.07, 6.45) is 1.71. The van der Waals surface area contributed by atoms with Crippen molar-refractivity contribution >= 4 is 28.3 Å². The zero-order chi connectivity index (χ0) is 21.3. The van der Waals surface area contributed by atoms with Crippen molar-refractivity contribution in [3.63, 3.8) is 0 Å². The molecule has 0 radical (unpaired) electrons. The lowest BCUT2D eigenvalue weighted by molar-refractivity contribution is 0.0952. The predicted molar refractivity (Wildman–Crippen MR) is 118 cm³/mol. The van der Waals surface area contributed by atoms with Crippen molar-refractivity contribution in [2.45, 2.75) is 33.4 Å². The van der Waals surface area contributed by atoms with Gasteiger partial charge in [-0.1, -0.05) is 12.1 Å². The smallest absolute Gasteiger partial charge is 0.252 e. The largest absolute Gasteiger partial charge is 0.348 e.